The van der Waals surface area contributed by atoms with E-state index in [1.54, 1.807) is 0 Å². The van der Waals surface area contributed by atoms with Crippen molar-refractivity contribution < 1.29 is 4.79 Å². The molecule has 1 heterocycles. The summed E-state index contributed by atoms with van der Waals surface area (Å²) in [5.41, 5.74) is 4.48. The lowest BCUT2D eigenvalue weighted by molar-refractivity contribution is -0.113. The number of carbonyl (C=O) groups is 1. The van der Waals surface area contributed by atoms with E-state index in [2.05, 4.69) is 34.6 Å². The zero-order valence-electron chi connectivity index (χ0n) is 15.9. The molecule has 0 saturated carbocycles. The molecule has 1 aromatic heterocycles. The van der Waals surface area contributed by atoms with Crippen LogP contribution in [0.25, 0.3) is 0 Å². The van der Waals surface area contributed by atoms with Gasteiger partial charge in [-0.05, 0) is 49.1 Å². The van der Waals surface area contributed by atoms with Crippen LogP contribution in [-0.2, 0) is 24.7 Å². The summed E-state index contributed by atoms with van der Waals surface area (Å²) in [7, 11) is 1.95. The van der Waals surface area contributed by atoms with E-state index in [-0.39, 0.29) is 5.91 Å². The molecule has 0 atom stereocenters. The van der Waals surface area contributed by atoms with Gasteiger partial charge in [-0.3, -0.25) is 4.79 Å². The second kappa shape index (κ2) is 8.86. The molecule has 0 aliphatic rings. The molecule has 0 bridgehead atoms. The van der Waals surface area contributed by atoms with Gasteiger partial charge in [0.2, 0.25) is 5.91 Å². The average Bonchev–Trinajstić information content (AvgIpc) is 3.02. The summed E-state index contributed by atoms with van der Waals surface area (Å²) in [5.74, 6) is 1.19. The minimum Gasteiger partial charge on any atom is -0.325 e. The molecule has 3 rings (SSSR count). The SMILES string of the molecule is Cc1ccc(NC(=O)CSc2nnc(CCc3ccccc3)n2C)cc1C. The van der Waals surface area contributed by atoms with Crippen LogP contribution in [0.15, 0.2) is 53.7 Å². The van der Waals surface area contributed by atoms with Crippen LogP contribution < -0.4 is 5.32 Å². The van der Waals surface area contributed by atoms with Crippen molar-refractivity contribution in [2.24, 2.45) is 7.05 Å². The maximum Gasteiger partial charge on any atom is 0.234 e. The van der Waals surface area contributed by atoms with Crippen molar-refractivity contribution in [1.29, 1.82) is 0 Å². The lowest BCUT2D eigenvalue weighted by Gasteiger charge is -2.08. The minimum absolute atomic E-state index is 0.0444. The van der Waals surface area contributed by atoms with Gasteiger partial charge in [-0.1, -0.05) is 48.2 Å². The Hall–Kier alpha value is -2.60. The summed E-state index contributed by atoms with van der Waals surface area (Å²) >= 11 is 1.40. The molecule has 2 aromatic carbocycles. The van der Waals surface area contributed by atoms with Gasteiger partial charge in [0.05, 0.1) is 5.75 Å². The Balaban J connectivity index is 1.52. The summed E-state index contributed by atoms with van der Waals surface area (Å²) in [5, 5.41) is 12.2. The molecule has 0 radical (unpaired) electrons. The Bertz CT molecular complexity index is 921. The predicted molar refractivity (Wildman–Crippen MR) is 110 cm³/mol. The molecule has 1 N–H and O–H groups in total. The van der Waals surface area contributed by atoms with Crippen LogP contribution in [0.1, 0.15) is 22.5 Å². The first kappa shape index (κ1) is 19.2. The van der Waals surface area contributed by atoms with Crippen molar-refractivity contribution in [3.63, 3.8) is 0 Å². The molecule has 6 heteroatoms. The van der Waals surface area contributed by atoms with Gasteiger partial charge in [0.1, 0.15) is 5.82 Å². The van der Waals surface area contributed by atoms with Gasteiger partial charge < -0.3 is 9.88 Å². The third kappa shape index (κ3) is 5.20. The predicted octanol–water partition coefficient (Wildman–Crippen LogP) is 3.95. The smallest absolute Gasteiger partial charge is 0.234 e. The molecule has 0 spiro atoms. The Morgan fingerprint density at radius 2 is 1.81 bits per heavy atom. The van der Waals surface area contributed by atoms with Crippen LogP contribution in [0.2, 0.25) is 0 Å². The number of hydrogen-bond acceptors (Lipinski definition) is 4. The van der Waals surface area contributed by atoms with Crippen molar-refractivity contribution in [3.8, 4) is 0 Å². The molecular weight excluding hydrogens is 356 g/mol. The fraction of sp³-hybridized carbons (Fsp3) is 0.286. The number of nitrogens with zero attached hydrogens (tertiary/aromatic N) is 3. The highest BCUT2D eigenvalue weighted by Crippen LogP contribution is 2.18. The first-order chi connectivity index (χ1) is 13.0. The van der Waals surface area contributed by atoms with Gasteiger partial charge in [0.25, 0.3) is 0 Å². The number of rotatable bonds is 7. The highest BCUT2D eigenvalue weighted by molar-refractivity contribution is 7.99. The summed E-state index contributed by atoms with van der Waals surface area (Å²) in [6.07, 6.45) is 1.74. The van der Waals surface area contributed by atoms with Gasteiger partial charge in [-0.25, -0.2) is 0 Å². The molecule has 5 nitrogen and oxygen atoms in total. The Labute approximate surface area is 164 Å². The summed E-state index contributed by atoms with van der Waals surface area (Å²) in [6, 6.07) is 16.3. The van der Waals surface area contributed by atoms with Gasteiger partial charge in [0.15, 0.2) is 5.16 Å². The summed E-state index contributed by atoms with van der Waals surface area (Å²) in [4.78, 5) is 12.2. The van der Waals surface area contributed by atoms with Gasteiger partial charge in [0, 0.05) is 19.2 Å². The molecule has 0 aliphatic heterocycles. The fourth-order valence-corrected chi connectivity index (χ4v) is 3.47. The van der Waals surface area contributed by atoms with Gasteiger partial charge in [-0.15, -0.1) is 10.2 Å². The number of benzene rings is 2. The van der Waals surface area contributed by atoms with Crippen LogP contribution in [0.5, 0.6) is 0 Å². The second-order valence-corrected chi connectivity index (χ2v) is 7.52. The molecule has 0 fully saturated rings. The number of aromatic nitrogens is 3. The normalized spacial score (nSPS) is 10.8. The number of aryl methyl sites for hydroxylation is 4. The van der Waals surface area contributed by atoms with Crippen molar-refractivity contribution in [2.45, 2.75) is 31.8 Å². The molecule has 140 valence electrons. The Morgan fingerprint density at radius 1 is 1.04 bits per heavy atom. The molecular formula is C21H24N4OS. The number of amides is 1. The topological polar surface area (TPSA) is 59.8 Å². The minimum atomic E-state index is -0.0444. The number of anilines is 1. The first-order valence-corrected chi connectivity index (χ1v) is 9.93. The van der Waals surface area contributed by atoms with Crippen LogP contribution in [0, 0.1) is 13.8 Å². The quantitative estimate of drug-likeness (QED) is 0.631. The number of carbonyl (C=O) groups excluding carboxylic acids is 1. The Kier molecular flexibility index (Phi) is 6.29. The van der Waals surface area contributed by atoms with E-state index in [0.29, 0.717) is 5.75 Å². The van der Waals surface area contributed by atoms with Crippen LogP contribution >= 0.6 is 11.8 Å². The molecule has 0 aliphatic carbocycles. The maximum atomic E-state index is 12.2. The molecule has 0 saturated heterocycles. The third-order valence-corrected chi connectivity index (χ3v) is 5.55. The van der Waals surface area contributed by atoms with E-state index in [4.69, 9.17) is 0 Å². The van der Waals surface area contributed by atoms with E-state index in [1.165, 1.54) is 22.9 Å². The fourth-order valence-electron chi connectivity index (χ4n) is 2.74. The monoisotopic (exact) mass is 380 g/mol. The van der Waals surface area contributed by atoms with Crippen LogP contribution in [0.3, 0.4) is 0 Å². The molecule has 1 amide bonds. The third-order valence-electron chi connectivity index (χ3n) is 4.53. The van der Waals surface area contributed by atoms with Crippen molar-refractivity contribution in [1.82, 2.24) is 14.8 Å². The van der Waals surface area contributed by atoms with E-state index in [9.17, 15) is 4.79 Å². The second-order valence-electron chi connectivity index (χ2n) is 6.58. The molecule has 0 unspecified atom stereocenters. The van der Waals surface area contributed by atoms with Crippen LogP contribution in [0.4, 0.5) is 5.69 Å². The maximum absolute atomic E-state index is 12.2. The lowest BCUT2D eigenvalue weighted by atomic mass is 10.1. The number of thioether (sulfide) groups is 1. The highest BCUT2D eigenvalue weighted by Gasteiger charge is 2.12. The van der Waals surface area contributed by atoms with E-state index < -0.39 is 0 Å². The van der Waals surface area contributed by atoms with Crippen molar-refractivity contribution >= 4 is 23.4 Å². The Morgan fingerprint density at radius 3 is 2.56 bits per heavy atom. The largest absolute Gasteiger partial charge is 0.325 e. The average molecular weight is 381 g/mol. The molecule has 3 aromatic rings. The zero-order valence-corrected chi connectivity index (χ0v) is 16.7. The number of nitrogens with one attached hydrogen (secondary N) is 1. The summed E-state index contributed by atoms with van der Waals surface area (Å²) in [6.45, 7) is 4.09. The summed E-state index contributed by atoms with van der Waals surface area (Å²) < 4.78 is 1.97. The molecule has 27 heavy (non-hydrogen) atoms. The van der Waals surface area contributed by atoms with Gasteiger partial charge in [-0.2, -0.15) is 0 Å². The van der Waals surface area contributed by atoms with E-state index in [1.807, 2.05) is 54.9 Å². The van der Waals surface area contributed by atoms with E-state index >= 15 is 0 Å². The lowest BCUT2D eigenvalue weighted by Crippen LogP contribution is -2.14. The van der Waals surface area contributed by atoms with Crippen molar-refractivity contribution in [3.05, 3.63) is 71.0 Å². The van der Waals surface area contributed by atoms with E-state index in [0.717, 1.165) is 35.1 Å². The number of hydrogen-bond donors (Lipinski definition) is 1. The van der Waals surface area contributed by atoms with Crippen molar-refractivity contribution in [2.75, 3.05) is 11.1 Å². The standard InChI is InChI=1S/C21H24N4OS/c1-15-9-11-18(13-16(15)2)22-20(26)14-27-21-24-23-19(25(21)3)12-10-17-7-5-4-6-8-17/h4-9,11,13H,10,12,14H2,1-3H3,(H,22,26). The van der Waals surface area contributed by atoms with Crippen LogP contribution in [-0.4, -0.2) is 26.4 Å². The zero-order chi connectivity index (χ0) is 19.2. The highest BCUT2D eigenvalue weighted by atomic mass is 32.2. The first-order valence-electron chi connectivity index (χ1n) is 8.95. The van der Waals surface area contributed by atoms with Gasteiger partial charge >= 0.3 is 0 Å².